The van der Waals surface area contributed by atoms with Crippen molar-refractivity contribution in [3.63, 3.8) is 0 Å². The van der Waals surface area contributed by atoms with Crippen LogP contribution in [-0.2, 0) is 9.53 Å². The average Bonchev–Trinajstić information content (AvgIpc) is 2.23. The molecule has 0 unspecified atom stereocenters. The lowest BCUT2D eigenvalue weighted by atomic mass is 9.85. The molecule has 17 heavy (non-hydrogen) atoms. The van der Waals surface area contributed by atoms with Gasteiger partial charge in [0.2, 0.25) is 5.91 Å². The van der Waals surface area contributed by atoms with Crippen molar-refractivity contribution in [3.8, 4) is 0 Å². The van der Waals surface area contributed by atoms with Crippen molar-refractivity contribution in [3.05, 3.63) is 28.2 Å². The molecule has 3 N–H and O–H groups in total. The Hall–Kier alpha value is -0.910. The summed E-state index contributed by atoms with van der Waals surface area (Å²) in [5.74, 6) is -0.0625. The molecule has 1 saturated heterocycles. The molecule has 1 aliphatic rings. The highest BCUT2D eigenvalue weighted by Gasteiger charge is 2.44. The summed E-state index contributed by atoms with van der Waals surface area (Å²) in [5, 5.41) is 2.92. The van der Waals surface area contributed by atoms with Gasteiger partial charge in [0.1, 0.15) is 5.41 Å². The molecule has 2 rings (SSSR count). The van der Waals surface area contributed by atoms with E-state index < -0.39 is 5.41 Å². The number of nitrogens with two attached hydrogens (primary N) is 1. The smallest absolute Gasteiger partial charge is 0.236 e. The molecule has 1 aromatic rings. The molecule has 0 spiro atoms. The summed E-state index contributed by atoms with van der Waals surface area (Å²) >= 11 is 3.38. The van der Waals surface area contributed by atoms with Gasteiger partial charge in [0.25, 0.3) is 0 Å². The zero-order chi connectivity index (χ0) is 12.5. The van der Waals surface area contributed by atoms with Gasteiger partial charge in [-0.25, -0.2) is 0 Å². The molecule has 1 amide bonds. The van der Waals surface area contributed by atoms with Crippen LogP contribution in [0.2, 0.25) is 0 Å². The number of anilines is 1. The Labute approximate surface area is 109 Å². The zero-order valence-corrected chi connectivity index (χ0v) is 11.2. The Bertz CT molecular complexity index is 439. The first-order valence-corrected chi connectivity index (χ1v) is 6.22. The number of halogens is 1. The Morgan fingerprint density at radius 1 is 1.59 bits per heavy atom. The lowest BCUT2D eigenvalue weighted by Gasteiger charge is -2.38. The molecule has 1 aromatic carbocycles. The first-order valence-electron chi connectivity index (χ1n) is 5.43. The second-order valence-corrected chi connectivity index (χ2v) is 5.31. The van der Waals surface area contributed by atoms with Crippen LogP contribution in [0.4, 0.5) is 5.69 Å². The number of benzene rings is 1. The van der Waals surface area contributed by atoms with Crippen LogP contribution in [0.25, 0.3) is 0 Å². The minimum absolute atomic E-state index is 0.0625. The molecular formula is C12H15BrN2O2. The summed E-state index contributed by atoms with van der Waals surface area (Å²) in [6.45, 7) is 3.07. The molecule has 4 nitrogen and oxygen atoms in total. The molecule has 5 heteroatoms. The molecule has 0 aromatic heterocycles. The highest BCUT2D eigenvalue weighted by molar-refractivity contribution is 9.10. The summed E-state index contributed by atoms with van der Waals surface area (Å²) in [6, 6.07) is 5.78. The van der Waals surface area contributed by atoms with Gasteiger partial charge in [-0.1, -0.05) is 22.0 Å². The molecule has 0 saturated carbocycles. The topological polar surface area (TPSA) is 64.4 Å². The Morgan fingerprint density at radius 3 is 2.82 bits per heavy atom. The number of ether oxygens (including phenoxy) is 1. The van der Waals surface area contributed by atoms with Gasteiger partial charge in [-0.05, 0) is 24.6 Å². The third kappa shape index (κ3) is 2.36. The van der Waals surface area contributed by atoms with Crippen LogP contribution in [0.15, 0.2) is 22.7 Å². The van der Waals surface area contributed by atoms with E-state index in [2.05, 4.69) is 21.2 Å². The first-order chi connectivity index (χ1) is 8.07. The van der Waals surface area contributed by atoms with Crippen molar-refractivity contribution in [1.82, 2.24) is 0 Å². The maximum absolute atomic E-state index is 12.1. The SMILES string of the molecule is Cc1ccc(Br)cc1NC(=O)C1(CN)COC1. The fourth-order valence-corrected chi connectivity index (χ4v) is 2.03. The second-order valence-electron chi connectivity index (χ2n) is 4.39. The van der Waals surface area contributed by atoms with Crippen LogP contribution >= 0.6 is 15.9 Å². The van der Waals surface area contributed by atoms with Crippen molar-refractivity contribution < 1.29 is 9.53 Å². The van der Waals surface area contributed by atoms with Crippen LogP contribution in [0.1, 0.15) is 5.56 Å². The van der Waals surface area contributed by atoms with Gasteiger partial charge in [-0.3, -0.25) is 4.79 Å². The lowest BCUT2D eigenvalue weighted by Crippen LogP contribution is -2.56. The Kier molecular flexibility index (Phi) is 3.51. The van der Waals surface area contributed by atoms with E-state index >= 15 is 0 Å². The van der Waals surface area contributed by atoms with E-state index in [4.69, 9.17) is 10.5 Å². The van der Waals surface area contributed by atoms with Gasteiger partial charge in [-0.2, -0.15) is 0 Å². The molecule has 0 aliphatic carbocycles. The maximum Gasteiger partial charge on any atom is 0.236 e. The van der Waals surface area contributed by atoms with Gasteiger partial charge in [0, 0.05) is 16.7 Å². The van der Waals surface area contributed by atoms with E-state index in [1.165, 1.54) is 0 Å². The number of aryl methyl sites for hydroxylation is 1. The number of carbonyl (C=O) groups excluding carboxylic acids is 1. The second kappa shape index (κ2) is 4.76. The molecule has 1 fully saturated rings. The van der Waals surface area contributed by atoms with Crippen molar-refractivity contribution >= 4 is 27.5 Å². The van der Waals surface area contributed by atoms with E-state index in [-0.39, 0.29) is 5.91 Å². The number of rotatable bonds is 3. The van der Waals surface area contributed by atoms with Crippen LogP contribution in [0, 0.1) is 12.3 Å². The average molecular weight is 299 g/mol. The van der Waals surface area contributed by atoms with Crippen molar-refractivity contribution in [2.45, 2.75) is 6.92 Å². The van der Waals surface area contributed by atoms with E-state index in [1.807, 2.05) is 25.1 Å². The van der Waals surface area contributed by atoms with Crippen molar-refractivity contribution in [2.24, 2.45) is 11.1 Å². The number of carbonyl (C=O) groups is 1. The van der Waals surface area contributed by atoms with Crippen molar-refractivity contribution in [1.29, 1.82) is 0 Å². The van der Waals surface area contributed by atoms with E-state index in [9.17, 15) is 4.79 Å². The third-order valence-corrected chi connectivity index (χ3v) is 3.57. The fraction of sp³-hybridized carbons (Fsp3) is 0.417. The standard InChI is InChI=1S/C12H15BrN2O2/c1-8-2-3-9(13)4-10(8)15-11(16)12(5-14)6-17-7-12/h2-4H,5-7,14H2,1H3,(H,15,16). The summed E-state index contributed by atoms with van der Waals surface area (Å²) in [4.78, 5) is 12.1. The molecule has 0 radical (unpaired) electrons. The minimum Gasteiger partial charge on any atom is -0.379 e. The zero-order valence-electron chi connectivity index (χ0n) is 9.63. The van der Waals surface area contributed by atoms with Crippen molar-refractivity contribution in [2.75, 3.05) is 25.1 Å². The lowest BCUT2D eigenvalue weighted by molar-refractivity contribution is -0.153. The van der Waals surface area contributed by atoms with Crippen LogP contribution in [-0.4, -0.2) is 25.7 Å². The van der Waals surface area contributed by atoms with Crippen LogP contribution in [0.5, 0.6) is 0 Å². The summed E-state index contributed by atoms with van der Waals surface area (Å²) in [7, 11) is 0. The predicted molar refractivity (Wildman–Crippen MR) is 69.8 cm³/mol. The van der Waals surface area contributed by atoms with E-state index in [0.29, 0.717) is 19.8 Å². The number of nitrogens with one attached hydrogen (secondary N) is 1. The predicted octanol–water partition coefficient (Wildman–Crippen LogP) is 1.67. The molecule has 0 atom stereocenters. The number of amides is 1. The van der Waals surface area contributed by atoms with Gasteiger partial charge < -0.3 is 15.8 Å². The molecule has 1 aliphatic heterocycles. The third-order valence-electron chi connectivity index (χ3n) is 3.08. The Morgan fingerprint density at radius 2 is 2.29 bits per heavy atom. The minimum atomic E-state index is -0.547. The number of hydrogen-bond donors (Lipinski definition) is 2. The quantitative estimate of drug-likeness (QED) is 0.892. The maximum atomic E-state index is 12.1. The highest BCUT2D eigenvalue weighted by Crippen LogP contribution is 2.29. The molecule has 92 valence electrons. The van der Waals surface area contributed by atoms with E-state index in [0.717, 1.165) is 15.7 Å². The normalized spacial score (nSPS) is 17.4. The van der Waals surface area contributed by atoms with Gasteiger partial charge >= 0.3 is 0 Å². The van der Waals surface area contributed by atoms with Gasteiger partial charge in [0.05, 0.1) is 13.2 Å². The largest absolute Gasteiger partial charge is 0.379 e. The first kappa shape index (κ1) is 12.5. The highest BCUT2D eigenvalue weighted by atomic mass is 79.9. The summed E-state index contributed by atoms with van der Waals surface area (Å²) in [5.41, 5.74) is 6.93. The van der Waals surface area contributed by atoms with Gasteiger partial charge in [-0.15, -0.1) is 0 Å². The number of hydrogen-bond acceptors (Lipinski definition) is 3. The Balaban J connectivity index is 2.15. The molecular weight excluding hydrogens is 284 g/mol. The van der Waals surface area contributed by atoms with E-state index in [1.54, 1.807) is 0 Å². The van der Waals surface area contributed by atoms with Gasteiger partial charge in [0.15, 0.2) is 0 Å². The summed E-state index contributed by atoms with van der Waals surface area (Å²) in [6.07, 6.45) is 0. The fourth-order valence-electron chi connectivity index (χ4n) is 1.67. The molecule has 0 bridgehead atoms. The monoisotopic (exact) mass is 298 g/mol. The van der Waals surface area contributed by atoms with Crippen LogP contribution in [0.3, 0.4) is 0 Å². The van der Waals surface area contributed by atoms with Crippen LogP contribution < -0.4 is 11.1 Å². The molecule has 1 heterocycles. The summed E-state index contributed by atoms with van der Waals surface area (Å²) < 4.78 is 6.03.